The Bertz CT molecular complexity index is 793. The van der Waals surface area contributed by atoms with Crippen molar-refractivity contribution in [3.63, 3.8) is 0 Å². The molecule has 0 saturated heterocycles. The lowest BCUT2D eigenvalue weighted by molar-refractivity contribution is 0.101. The summed E-state index contributed by atoms with van der Waals surface area (Å²) in [7, 11) is 0. The third kappa shape index (κ3) is 2.89. The predicted octanol–water partition coefficient (Wildman–Crippen LogP) is 2.98. The summed E-state index contributed by atoms with van der Waals surface area (Å²) in [5.74, 6) is -0.204. The quantitative estimate of drug-likeness (QED) is 0.803. The van der Waals surface area contributed by atoms with Crippen molar-refractivity contribution < 1.29 is 4.79 Å². The van der Waals surface area contributed by atoms with Crippen molar-refractivity contribution in [2.45, 2.75) is 20.4 Å². The fraction of sp³-hybridized carbons (Fsp3) is 0.200. The second-order valence-electron chi connectivity index (χ2n) is 4.69. The number of nitrogens with zero attached hydrogens (tertiary/aromatic N) is 4. The smallest absolute Gasteiger partial charge is 0.275 e. The molecule has 3 heterocycles. The molecule has 0 radical (unpaired) electrons. The van der Waals surface area contributed by atoms with Gasteiger partial charge in [0.15, 0.2) is 5.13 Å². The highest BCUT2D eigenvalue weighted by atomic mass is 32.1. The number of nitrogens with one attached hydrogen (secondary N) is 1. The summed E-state index contributed by atoms with van der Waals surface area (Å²) in [5, 5.41) is 9.51. The van der Waals surface area contributed by atoms with Crippen molar-refractivity contribution in [1.29, 1.82) is 0 Å². The van der Waals surface area contributed by atoms with Gasteiger partial charge < -0.3 is 0 Å². The highest BCUT2D eigenvalue weighted by Crippen LogP contribution is 2.23. The van der Waals surface area contributed by atoms with Crippen molar-refractivity contribution in [2.75, 3.05) is 5.32 Å². The monoisotopic (exact) mass is 313 g/mol. The second kappa shape index (κ2) is 6.07. The van der Waals surface area contributed by atoms with Gasteiger partial charge in [0.1, 0.15) is 11.4 Å². The largest absolute Gasteiger partial charge is 0.296 e. The van der Waals surface area contributed by atoms with E-state index in [1.807, 2.05) is 37.4 Å². The Kier molecular flexibility index (Phi) is 3.97. The van der Waals surface area contributed by atoms with Crippen LogP contribution in [0.5, 0.6) is 0 Å². The Morgan fingerprint density at radius 2 is 2.23 bits per heavy atom. The standard InChI is InChI=1S/C15H15N5OS/c1-3-20-13(8-10(2)19-20)14(21)18-15-17-12(9-22-15)11-6-4-5-7-16-11/h4-9H,3H2,1-2H3,(H,17,18,21). The number of hydrogen-bond donors (Lipinski definition) is 1. The van der Waals surface area contributed by atoms with Gasteiger partial charge in [0.25, 0.3) is 5.91 Å². The first-order chi connectivity index (χ1) is 10.7. The van der Waals surface area contributed by atoms with Gasteiger partial charge in [0.2, 0.25) is 0 Å². The molecule has 6 nitrogen and oxygen atoms in total. The summed E-state index contributed by atoms with van der Waals surface area (Å²) in [4.78, 5) is 21.0. The van der Waals surface area contributed by atoms with E-state index in [1.165, 1.54) is 11.3 Å². The van der Waals surface area contributed by atoms with Gasteiger partial charge in [-0.15, -0.1) is 11.3 Å². The molecule has 7 heteroatoms. The molecule has 0 spiro atoms. The van der Waals surface area contributed by atoms with Gasteiger partial charge in [-0.3, -0.25) is 19.8 Å². The van der Waals surface area contributed by atoms with Crippen LogP contribution < -0.4 is 5.32 Å². The third-order valence-electron chi connectivity index (χ3n) is 3.09. The number of aryl methyl sites for hydroxylation is 2. The van der Waals surface area contributed by atoms with Crippen LogP contribution in [0.4, 0.5) is 5.13 Å². The summed E-state index contributed by atoms with van der Waals surface area (Å²) >= 11 is 1.37. The molecule has 0 aliphatic rings. The lowest BCUT2D eigenvalue weighted by atomic mass is 10.3. The number of amides is 1. The maximum atomic E-state index is 12.3. The van der Waals surface area contributed by atoms with Crippen LogP contribution in [0, 0.1) is 6.92 Å². The lowest BCUT2D eigenvalue weighted by Crippen LogP contribution is -2.17. The molecule has 0 bridgehead atoms. The van der Waals surface area contributed by atoms with E-state index in [0.717, 1.165) is 17.1 Å². The Balaban J connectivity index is 1.79. The summed E-state index contributed by atoms with van der Waals surface area (Å²) in [6.07, 6.45) is 1.72. The first-order valence-electron chi connectivity index (χ1n) is 6.90. The highest BCUT2D eigenvalue weighted by Gasteiger charge is 2.15. The number of carbonyl (C=O) groups excluding carboxylic acids is 1. The van der Waals surface area contributed by atoms with Gasteiger partial charge >= 0.3 is 0 Å². The molecule has 1 amide bonds. The van der Waals surface area contributed by atoms with Crippen molar-refractivity contribution in [2.24, 2.45) is 0 Å². The number of thiazole rings is 1. The van der Waals surface area contributed by atoms with E-state index in [2.05, 4.69) is 20.4 Å². The molecule has 3 aromatic heterocycles. The minimum Gasteiger partial charge on any atom is -0.296 e. The topological polar surface area (TPSA) is 72.7 Å². The Morgan fingerprint density at radius 3 is 2.95 bits per heavy atom. The van der Waals surface area contributed by atoms with Crippen LogP contribution in [0.25, 0.3) is 11.4 Å². The van der Waals surface area contributed by atoms with Crippen LogP contribution in [-0.4, -0.2) is 25.7 Å². The zero-order valence-corrected chi connectivity index (χ0v) is 13.1. The summed E-state index contributed by atoms with van der Waals surface area (Å²) in [6.45, 7) is 4.46. The van der Waals surface area contributed by atoms with Gasteiger partial charge in [-0.2, -0.15) is 5.10 Å². The van der Waals surface area contributed by atoms with Crippen molar-refractivity contribution >= 4 is 22.4 Å². The molecule has 0 fully saturated rings. The summed E-state index contributed by atoms with van der Waals surface area (Å²) in [6, 6.07) is 7.41. The van der Waals surface area contributed by atoms with E-state index >= 15 is 0 Å². The van der Waals surface area contributed by atoms with Gasteiger partial charge in [-0.25, -0.2) is 4.98 Å². The van der Waals surface area contributed by atoms with Crippen LogP contribution in [-0.2, 0) is 6.54 Å². The second-order valence-corrected chi connectivity index (χ2v) is 5.55. The molecule has 112 valence electrons. The van der Waals surface area contributed by atoms with Crippen molar-refractivity contribution in [3.8, 4) is 11.4 Å². The molecule has 0 aromatic carbocycles. The van der Waals surface area contributed by atoms with E-state index in [1.54, 1.807) is 16.9 Å². The molecule has 3 aromatic rings. The normalized spacial score (nSPS) is 10.6. The number of carbonyl (C=O) groups is 1. The average molecular weight is 313 g/mol. The molecule has 1 N–H and O–H groups in total. The van der Waals surface area contributed by atoms with E-state index in [0.29, 0.717) is 17.4 Å². The van der Waals surface area contributed by atoms with Gasteiger partial charge in [-0.1, -0.05) is 6.07 Å². The number of pyridine rings is 1. The van der Waals surface area contributed by atoms with Crippen LogP contribution in [0.1, 0.15) is 23.1 Å². The maximum Gasteiger partial charge on any atom is 0.275 e. The number of rotatable bonds is 4. The first-order valence-corrected chi connectivity index (χ1v) is 7.78. The Hall–Kier alpha value is -2.54. The van der Waals surface area contributed by atoms with Crippen molar-refractivity contribution in [3.05, 3.63) is 47.2 Å². The maximum absolute atomic E-state index is 12.3. The molecule has 3 rings (SSSR count). The van der Waals surface area contributed by atoms with E-state index in [-0.39, 0.29) is 5.91 Å². The highest BCUT2D eigenvalue weighted by molar-refractivity contribution is 7.14. The number of hydrogen-bond acceptors (Lipinski definition) is 5. The minimum atomic E-state index is -0.204. The van der Waals surface area contributed by atoms with Gasteiger partial charge in [0, 0.05) is 18.1 Å². The predicted molar refractivity (Wildman–Crippen MR) is 85.9 cm³/mol. The fourth-order valence-corrected chi connectivity index (χ4v) is 2.79. The summed E-state index contributed by atoms with van der Waals surface area (Å²) < 4.78 is 1.68. The lowest BCUT2D eigenvalue weighted by Gasteiger charge is -2.03. The van der Waals surface area contributed by atoms with Crippen LogP contribution >= 0.6 is 11.3 Å². The number of aromatic nitrogens is 4. The zero-order chi connectivity index (χ0) is 15.5. The molecule has 0 atom stereocenters. The molecular weight excluding hydrogens is 298 g/mol. The van der Waals surface area contributed by atoms with E-state index in [4.69, 9.17) is 0 Å². The van der Waals surface area contributed by atoms with Crippen LogP contribution in [0.3, 0.4) is 0 Å². The Morgan fingerprint density at radius 1 is 1.36 bits per heavy atom. The average Bonchev–Trinajstić information content (AvgIpc) is 3.14. The van der Waals surface area contributed by atoms with Gasteiger partial charge in [-0.05, 0) is 32.0 Å². The third-order valence-corrected chi connectivity index (χ3v) is 3.84. The van der Waals surface area contributed by atoms with Crippen LogP contribution in [0.2, 0.25) is 0 Å². The summed E-state index contributed by atoms with van der Waals surface area (Å²) in [5.41, 5.74) is 2.89. The molecule has 0 saturated carbocycles. The molecular formula is C15H15N5OS. The van der Waals surface area contributed by atoms with Crippen molar-refractivity contribution in [1.82, 2.24) is 19.7 Å². The van der Waals surface area contributed by atoms with Gasteiger partial charge in [0.05, 0.1) is 11.4 Å². The number of anilines is 1. The van der Waals surface area contributed by atoms with E-state index < -0.39 is 0 Å². The van der Waals surface area contributed by atoms with E-state index in [9.17, 15) is 4.79 Å². The molecule has 0 aliphatic carbocycles. The molecule has 0 unspecified atom stereocenters. The Labute approximate surface area is 131 Å². The minimum absolute atomic E-state index is 0.204. The molecule has 0 aliphatic heterocycles. The zero-order valence-electron chi connectivity index (χ0n) is 12.3. The SMILES string of the molecule is CCn1nc(C)cc1C(=O)Nc1nc(-c2ccccn2)cs1. The van der Waals surface area contributed by atoms with Crippen LogP contribution in [0.15, 0.2) is 35.8 Å². The fourth-order valence-electron chi connectivity index (χ4n) is 2.09. The molecule has 22 heavy (non-hydrogen) atoms. The first kappa shape index (κ1) is 14.4.